The van der Waals surface area contributed by atoms with Crippen LogP contribution >= 0.6 is 0 Å². The maximum atomic E-state index is 11.6. The number of aliphatic imine (C=N–C) groups is 1. The second kappa shape index (κ2) is 13.0. The summed E-state index contributed by atoms with van der Waals surface area (Å²) >= 11 is 0. The molecule has 1 atom stereocenters. The van der Waals surface area contributed by atoms with Crippen molar-refractivity contribution >= 4 is 11.9 Å². The van der Waals surface area contributed by atoms with E-state index in [1.165, 1.54) is 0 Å². The number of guanidine groups is 1. The lowest BCUT2D eigenvalue weighted by molar-refractivity contribution is -0.120. The van der Waals surface area contributed by atoms with Crippen LogP contribution < -0.4 is 20.7 Å². The van der Waals surface area contributed by atoms with Crippen molar-refractivity contribution in [2.24, 2.45) is 4.99 Å². The smallest absolute Gasteiger partial charge is 0.221 e. The zero-order chi connectivity index (χ0) is 20.1. The summed E-state index contributed by atoms with van der Waals surface area (Å²) in [7, 11) is 0. The van der Waals surface area contributed by atoms with Gasteiger partial charge in [0.25, 0.3) is 0 Å². The van der Waals surface area contributed by atoms with Crippen LogP contribution in [0.25, 0.3) is 0 Å². The number of benzene rings is 1. The number of hydrogen-bond donors (Lipinski definition) is 4. The average Bonchev–Trinajstić information content (AvgIpc) is 2.64. The number of ether oxygens (including phenoxy) is 1. The van der Waals surface area contributed by atoms with Crippen LogP contribution in [0.3, 0.4) is 0 Å². The highest BCUT2D eigenvalue weighted by Gasteiger charge is 2.09. The van der Waals surface area contributed by atoms with Crippen molar-refractivity contribution in [2.45, 2.75) is 52.7 Å². The molecule has 1 aromatic rings. The van der Waals surface area contributed by atoms with Crippen LogP contribution in [0.4, 0.5) is 0 Å². The molecular formula is C20H34N4O3. The van der Waals surface area contributed by atoms with E-state index >= 15 is 0 Å². The van der Waals surface area contributed by atoms with Crippen molar-refractivity contribution in [3.8, 4) is 5.75 Å². The molecule has 0 spiro atoms. The van der Waals surface area contributed by atoms with Gasteiger partial charge in [-0.05, 0) is 44.9 Å². The Morgan fingerprint density at radius 2 is 1.81 bits per heavy atom. The Morgan fingerprint density at radius 1 is 1.11 bits per heavy atom. The molecule has 0 saturated heterocycles. The van der Waals surface area contributed by atoms with Crippen LogP contribution in [-0.4, -0.2) is 49.3 Å². The van der Waals surface area contributed by atoms with Gasteiger partial charge in [-0.1, -0.05) is 19.1 Å². The molecule has 0 aliphatic heterocycles. The molecule has 0 fully saturated rings. The number of aliphatic hydroxyl groups excluding tert-OH is 1. The molecule has 0 aromatic heterocycles. The second-order valence-electron chi connectivity index (χ2n) is 6.50. The predicted octanol–water partition coefficient (Wildman–Crippen LogP) is 1.98. The van der Waals surface area contributed by atoms with Crippen LogP contribution in [0.1, 0.15) is 52.2 Å². The van der Waals surface area contributed by atoms with Crippen LogP contribution in [0.5, 0.6) is 5.75 Å². The molecule has 4 N–H and O–H groups in total. The third-order valence-corrected chi connectivity index (χ3v) is 3.62. The maximum absolute atomic E-state index is 11.6. The molecule has 0 bridgehead atoms. The Balaban J connectivity index is 2.51. The molecule has 0 aliphatic carbocycles. The van der Waals surface area contributed by atoms with Gasteiger partial charge in [-0.3, -0.25) is 9.79 Å². The van der Waals surface area contributed by atoms with Gasteiger partial charge in [0.05, 0.1) is 18.8 Å². The average molecular weight is 379 g/mol. The van der Waals surface area contributed by atoms with Crippen LogP contribution in [0, 0.1) is 0 Å². The molecule has 0 heterocycles. The van der Waals surface area contributed by atoms with E-state index in [2.05, 4.69) is 20.9 Å². The molecule has 1 rings (SSSR count). The van der Waals surface area contributed by atoms with E-state index in [4.69, 9.17) is 4.74 Å². The first-order valence-corrected chi connectivity index (χ1v) is 9.69. The highest BCUT2D eigenvalue weighted by atomic mass is 16.5. The standard InChI is InChI=1S/C20H34N4O3/c1-5-12-22-19(26)11-13-23-20(21-6-2)24-14-18(25)16-7-9-17(10-8-16)27-15(3)4/h7-10,15,18,25H,5-6,11-14H2,1-4H3,(H,22,26)(H2,21,23,24). The van der Waals surface area contributed by atoms with E-state index in [1.54, 1.807) is 0 Å². The van der Waals surface area contributed by atoms with Crippen molar-refractivity contribution in [3.63, 3.8) is 0 Å². The summed E-state index contributed by atoms with van der Waals surface area (Å²) in [5.41, 5.74) is 0.782. The van der Waals surface area contributed by atoms with Gasteiger partial charge in [-0.2, -0.15) is 0 Å². The van der Waals surface area contributed by atoms with Gasteiger partial charge >= 0.3 is 0 Å². The third kappa shape index (κ3) is 9.84. The van der Waals surface area contributed by atoms with Gasteiger partial charge in [0, 0.05) is 26.1 Å². The molecular weight excluding hydrogens is 344 g/mol. The van der Waals surface area contributed by atoms with Gasteiger partial charge in [-0.25, -0.2) is 0 Å². The summed E-state index contributed by atoms with van der Waals surface area (Å²) in [5, 5.41) is 19.4. The van der Waals surface area contributed by atoms with Crippen molar-refractivity contribution in [1.82, 2.24) is 16.0 Å². The second-order valence-corrected chi connectivity index (χ2v) is 6.50. The van der Waals surface area contributed by atoms with Crippen molar-refractivity contribution in [2.75, 3.05) is 26.2 Å². The number of carbonyl (C=O) groups excluding carboxylic acids is 1. The Labute approximate surface area is 162 Å². The number of amides is 1. The van der Waals surface area contributed by atoms with Crippen LogP contribution in [0.15, 0.2) is 29.3 Å². The fourth-order valence-corrected chi connectivity index (χ4v) is 2.31. The first-order chi connectivity index (χ1) is 13.0. The minimum absolute atomic E-state index is 0.0175. The molecule has 0 aliphatic rings. The number of hydrogen-bond acceptors (Lipinski definition) is 4. The first kappa shape index (κ1) is 22.8. The summed E-state index contributed by atoms with van der Waals surface area (Å²) in [6.07, 6.45) is 0.709. The van der Waals surface area contributed by atoms with E-state index in [0.717, 1.165) is 17.7 Å². The summed E-state index contributed by atoms with van der Waals surface area (Å²) in [5.74, 6) is 1.38. The number of carbonyl (C=O) groups is 1. The van der Waals surface area contributed by atoms with E-state index in [1.807, 2.05) is 52.0 Å². The highest BCUT2D eigenvalue weighted by Crippen LogP contribution is 2.19. The predicted molar refractivity (Wildman–Crippen MR) is 109 cm³/mol. The number of nitrogens with zero attached hydrogens (tertiary/aromatic N) is 1. The lowest BCUT2D eigenvalue weighted by atomic mass is 10.1. The molecule has 0 radical (unpaired) electrons. The number of nitrogens with one attached hydrogen (secondary N) is 3. The zero-order valence-corrected chi connectivity index (χ0v) is 16.9. The van der Waals surface area contributed by atoms with E-state index in [0.29, 0.717) is 32.0 Å². The Morgan fingerprint density at radius 3 is 2.41 bits per heavy atom. The summed E-state index contributed by atoms with van der Waals surface area (Å²) in [6, 6.07) is 7.38. The highest BCUT2D eigenvalue weighted by molar-refractivity contribution is 5.81. The van der Waals surface area contributed by atoms with E-state index in [-0.39, 0.29) is 18.6 Å². The fourth-order valence-electron chi connectivity index (χ4n) is 2.31. The lowest BCUT2D eigenvalue weighted by Gasteiger charge is -2.14. The van der Waals surface area contributed by atoms with Crippen molar-refractivity contribution in [3.05, 3.63) is 29.8 Å². The van der Waals surface area contributed by atoms with Gasteiger partial charge in [0.15, 0.2) is 5.96 Å². The molecule has 0 saturated carbocycles. The maximum Gasteiger partial charge on any atom is 0.221 e. The topological polar surface area (TPSA) is 95.0 Å². The Hall–Kier alpha value is -2.28. The summed E-state index contributed by atoms with van der Waals surface area (Å²) in [4.78, 5) is 16.0. The fraction of sp³-hybridized carbons (Fsp3) is 0.600. The molecule has 1 amide bonds. The minimum Gasteiger partial charge on any atom is -0.491 e. The SMILES string of the molecule is CCCNC(=O)CCNC(=NCC(O)c1ccc(OC(C)C)cc1)NCC. The molecule has 7 heteroatoms. The lowest BCUT2D eigenvalue weighted by Crippen LogP contribution is -2.39. The monoisotopic (exact) mass is 378 g/mol. The van der Waals surface area contributed by atoms with Crippen LogP contribution in [0.2, 0.25) is 0 Å². The number of rotatable bonds is 11. The minimum atomic E-state index is -0.707. The molecule has 27 heavy (non-hydrogen) atoms. The van der Waals surface area contributed by atoms with Crippen LogP contribution in [-0.2, 0) is 4.79 Å². The van der Waals surface area contributed by atoms with E-state index < -0.39 is 6.10 Å². The normalized spacial score (nSPS) is 12.6. The third-order valence-electron chi connectivity index (χ3n) is 3.62. The van der Waals surface area contributed by atoms with Gasteiger partial charge in [-0.15, -0.1) is 0 Å². The largest absolute Gasteiger partial charge is 0.491 e. The van der Waals surface area contributed by atoms with Gasteiger partial charge < -0.3 is 25.8 Å². The summed E-state index contributed by atoms with van der Waals surface area (Å²) in [6.45, 7) is 10.0. The van der Waals surface area contributed by atoms with Crippen molar-refractivity contribution in [1.29, 1.82) is 0 Å². The Kier molecular flexibility index (Phi) is 10.9. The molecule has 1 unspecified atom stereocenters. The molecule has 7 nitrogen and oxygen atoms in total. The number of aliphatic hydroxyl groups is 1. The van der Waals surface area contributed by atoms with Gasteiger partial charge in [0.2, 0.25) is 5.91 Å². The molecule has 1 aromatic carbocycles. The quantitative estimate of drug-likeness (QED) is 0.349. The van der Waals surface area contributed by atoms with Crippen molar-refractivity contribution < 1.29 is 14.6 Å². The Bertz CT molecular complexity index is 573. The summed E-state index contributed by atoms with van der Waals surface area (Å²) < 4.78 is 5.61. The van der Waals surface area contributed by atoms with E-state index in [9.17, 15) is 9.90 Å². The zero-order valence-electron chi connectivity index (χ0n) is 16.9. The van der Waals surface area contributed by atoms with Gasteiger partial charge in [0.1, 0.15) is 5.75 Å². The first-order valence-electron chi connectivity index (χ1n) is 9.69. The molecule has 152 valence electrons.